The first-order chi connectivity index (χ1) is 7.25. The molecule has 0 aliphatic heterocycles. The first-order valence-electron chi connectivity index (χ1n) is 5.21. The monoisotopic (exact) mass is 197 g/mol. The molecule has 0 atom stereocenters. The van der Waals surface area contributed by atoms with Crippen molar-refractivity contribution in [1.29, 1.82) is 0 Å². The van der Waals surface area contributed by atoms with Crippen LogP contribution in [0.3, 0.4) is 0 Å². The van der Waals surface area contributed by atoms with Crippen molar-refractivity contribution in [2.75, 3.05) is 0 Å². The van der Waals surface area contributed by atoms with Crippen LogP contribution in [-0.2, 0) is 6.42 Å². The Morgan fingerprint density at radius 2 is 1.73 bits per heavy atom. The molecule has 0 saturated heterocycles. The molecule has 1 heterocycles. The summed E-state index contributed by atoms with van der Waals surface area (Å²) >= 11 is 0. The Labute approximate surface area is 90.8 Å². The number of benzene rings is 1. The molecule has 2 rings (SSSR count). The third-order valence-corrected chi connectivity index (χ3v) is 2.66. The van der Waals surface area contributed by atoms with Gasteiger partial charge < -0.3 is 0 Å². The topological polar surface area (TPSA) is 12.9 Å². The van der Waals surface area contributed by atoms with Crippen molar-refractivity contribution in [2.45, 2.75) is 20.3 Å². The third kappa shape index (κ3) is 2.44. The van der Waals surface area contributed by atoms with Crippen LogP contribution >= 0.6 is 0 Å². The lowest BCUT2D eigenvalue weighted by atomic mass is 10.0. The fourth-order valence-electron chi connectivity index (χ4n) is 1.61. The molecule has 0 bridgehead atoms. The predicted molar refractivity (Wildman–Crippen MR) is 63.0 cm³/mol. The van der Waals surface area contributed by atoms with Gasteiger partial charge in [-0.15, -0.1) is 0 Å². The van der Waals surface area contributed by atoms with Crippen LogP contribution in [0.15, 0.2) is 42.7 Å². The van der Waals surface area contributed by atoms with Crippen molar-refractivity contribution in [2.24, 2.45) is 0 Å². The van der Waals surface area contributed by atoms with E-state index in [4.69, 9.17) is 0 Å². The van der Waals surface area contributed by atoms with Crippen LogP contribution in [0, 0.1) is 13.8 Å². The highest BCUT2D eigenvalue weighted by atomic mass is 14.6. The van der Waals surface area contributed by atoms with Gasteiger partial charge in [0.15, 0.2) is 0 Å². The summed E-state index contributed by atoms with van der Waals surface area (Å²) in [5.41, 5.74) is 5.27. The third-order valence-electron chi connectivity index (χ3n) is 2.66. The van der Waals surface area contributed by atoms with E-state index in [1.807, 2.05) is 12.4 Å². The fourth-order valence-corrected chi connectivity index (χ4v) is 1.61. The molecule has 0 spiro atoms. The Hall–Kier alpha value is -1.63. The van der Waals surface area contributed by atoms with Gasteiger partial charge in [0.1, 0.15) is 0 Å². The van der Waals surface area contributed by atoms with Gasteiger partial charge in [0.2, 0.25) is 0 Å². The summed E-state index contributed by atoms with van der Waals surface area (Å²) in [5.74, 6) is 0. The van der Waals surface area contributed by atoms with Gasteiger partial charge in [-0.1, -0.05) is 29.8 Å². The molecular formula is C14H15N. The summed E-state index contributed by atoms with van der Waals surface area (Å²) in [6.07, 6.45) is 4.77. The molecule has 0 saturated carbocycles. The van der Waals surface area contributed by atoms with Crippen molar-refractivity contribution in [3.63, 3.8) is 0 Å². The SMILES string of the molecule is Cc1ccc(Cc2cnccc2C)cc1. The Balaban J connectivity index is 2.22. The zero-order chi connectivity index (χ0) is 10.7. The van der Waals surface area contributed by atoms with E-state index >= 15 is 0 Å². The molecule has 0 amide bonds. The van der Waals surface area contributed by atoms with Gasteiger partial charge in [-0.2, -0.15) is 0 Å². The normalized spacial score (nSPS) is 10.3. The van der Waals surface area contributed by atoms with E-state index in [2.05, 4.69) is 49.2 Å². The molecular weight excluding hydrogens is 182 g/mol. The van der Waals surface area contributed by atoms with Crippen LogP contribution in [0.2, 0.25) is 0 Å². The minimum atomic E-state index is 0.972. The van der Waals surface area contributed by atoms with E-state index in [-0.39, 0.29) is 0 Å². The van der Waals surface area contributed by atoms with E-state index in [1.165, 1.54) is 22.3 Å². The number of rotatable bonds is 2. The number of pyridine rings is 1. The number of aryl methyl sites for hydroxylation is 2. The minimum absolute atomic E-state index is 0.972. The first-order valence-corrected chi connectivity index (χ1v) is 5.21. The van der Waals surface area contributed by atoms with Gasteiger partial charge in [0.25, 0.3) is 0 Å². The smallest absolute Gasteiger partial charge is 0.0305 e. The predicted octanol–water partition coefficient (Wildman–Crippen LogP) is 3.29. The average molecular weight is 197 g/mol. The van der Waals surface area contributed by atoms with E-state index in [0.29, 0.717) is 0 Å². The first kappa shape index (κ1) is 9.91. The van der Waals surface area contributed by atoms with E-state index < -0.39 is 0 Å². The standard InChI is InChI=1S/C14H15N/c1-11-3-5-13(6-4-11)9-14-10-15-8-7-12(14)2/h3-8,10H,9H2,1-2H3. The molecule has 0 radical (unpaired) electrons. The van der Waals surface area contributed by atoms with Crippen LogP contribution < -0.4 is 0 Å². The van der Waals surface area contributed by atoms with Crippen molar-refractivity contribution in [3.05, 3.63) is 65.0 Å². The van der Waals surface area contributed by atoms with Gasteiger partial charge in [-0.3, -0.25) is 4.98 Å². The summed E-state index contributed by atoms with van der Waals surface area (Å²) in [4.78, 5) is 4.16. The maximum Gasteiger partial charge on any atom is 0.0305 e. The number of hydrogen-bond donors (Lipinski definition) is 0. The van der Waals surface area contributed by atoms with Gasteiger partial charge in [0.05, 0.1) is 0 Å². The largest absolute Gasteiger partial charge is 0.264 e. The zero-order valence-electron chi connectivity index (χ0n) is 9.20. The fraction of sp³-hybridized carbons (Fsp3) is 0.214. The Kier molecular flexibility index (Phi) is 2.82. The Morgan fingerprint density at radius 3 is 2.40 bits per heavy atom. The lowest BCUT2D eigenvalue weighted by molar-refractivity contribution is 1.11. The molecule has 2 aromatic rings. The quantitative estimate of drug-likeness (QED) is 0.720. The van der Waals surface area contributed by atoms with Crippen molar-refractivity contribution >= 4 is 0 Å². The number of aromatic nitrogens is 1. The van der Waals surface area contributed by atoms with Gasteiger partial charge in [-0.05, 0) is 43.0 Å². The second-order valence-corrected chi connectivity index (χ2v) is 3.96. The molecule has 0 N–H and O–H groups in total. The van der Waals surface area contributed by atoms with Gasteiger partial charge >= 0.3 is 0 Å². The zero-order valence-corrected chi connectivity index (χ0v) is 9.20. The summed E-state index contributed by atoms with van der Waals surface area (Å²) < 4.78 is 0. The number of hydrogen-bond acceptors (Lipinski definition) is 1. The van der Waals surface area contributed by atoms with Crippen LogP contribution in [0.1, 0.15) is 22.3 Å². The molecule has 0 fully saturated rings. The summed E-state index contributed by atoms with van der Waals surface area (Å²) in [5, 5.41) is 0. The second-order valence-electron chi connectivity index (χ2n) is 3.96. The summed E-state index contributed by atoms with van der Waals surface area (Å²) in [6.45, 7) is 4.24. The molecule has 1 aromatic heterocycles. The molecule has 1 nitrogen and oxygen atoms in total. The molecule has 15 heavy (non-hydrogen) atoms. The molecule has 1 heteroatoms. The minimum Gasteiger partial charge on any atom is -0.264 e. The lowest BCUT2D eigenvalue weighted by Crippen LogP contribution is -1.92. The summed E-state index contributed by atoms with van der Waals surface area (Å²) in [7, 11) is 0. The molecule has 0 aliphatic rings. The molecule has 0 unspecified atom stereocenters. The van der Waals surface area contributed by atoms with Gasteiger partial charge in [0, 0.05) is 12.4 Å². The van der Waals surface area contributed by atoms with Crippen molar-refractivity contribution in [3.8, 4) is 0 Å². The second kappa shape index (κ2) is 4.26. The maximum atomic E-state index is 4.16. The van der Waals surface area contributed by atoms with Gasteiger partial charge in [-0.25, -0.2) is 0 Å². The van der Waals surface area contributed by atoms with Crippen LogP contribution in [0.5, 0.6) is 0 Å². The van der Waals surface area contributed by atoms with Crippen molar-refractivity contribution in [1.82, 2.24) is 4.98 Å². The molecule has 76 valence electrons. The highest BCUT2D eigenvalue weighted by molar-refractivity contribution is 5.30. The average Bonchev–Trinajstić information content (AvgIpc) is 2.25. The van der Waals surface area contributed by atoms with Crippen LogP contribution in [0.25, 0.3) is 0 Å². The van der Waals surface area contributed by atoms with Crippen molar-refractivity contribution < 1.29 is 0 Å². The van der Waals surface area contributed by atoms with E-state index in [0.717, 1.165) is 6.42 Å². The molecule has 0 aliphatic carbocycles. The van der Waals surface area contributed by atoms with E-state index in [1.54, 1.807) is 0 Å². The van der Waals surface area contributed by atoms with E-state index in [9.17, 15) is 0 Å². The molecule has 1 aromatic carbocycles. The van der Waals surface area contributed by atoms with Crippen LogP contribution in [-0.4, -0.2) is 4.98 Å². The highest BCUT2D eigenvalue weighted by Gasteiger charge is 1.99. The Bertz CT molecular complexity index is 443. The maximum absolute atomic E-state index is 4.16. The Morgan fingerprint density at radius 1 is 1.00 bits per heavy atom. The number of nitrogens with zero attached hydrogens (tertiary/aromatic N) is 1. The lowest BCUT2D eigenvalue weighted by Gasteiger charge is -2.05. The summed E-state index contributed by atoms with van der Waals surface area (Å²) in [6, 6.07) is 10.7. The highest BCUT2D eigenvalue weighted by Crippen LogP contribution is 2.12. The van der Waals surface area contributed by atoms with Crippen LogP contribution in [0.4, 0.5) is 0 Å².